The number of esters is 2. The van der Waals surface area contributed by atoms with Crippen molar-refractivity contribution in [2.24, 2.45) is 11.8 Å². The van der Waals surface area contributed by atoms with Crippen molar-refractivity contribution < 1.29 is 23.9 Å². The Morgan fingerprint density at radius 1 is 1.07 bits per heavy atom. The Balaban J connectivity index is 2.16. The van der Waals surface area contributed by atoms with Gasteiger partial charge in [0, 0.05) is 6.42 Å². The molecule has 2 unspecified atom stereocenters. The molecule has 2 atom stereocenters. The molecule has 2 amide bonds. The molecule has 6 nitrogen and oxygen atoms in total. The van der Waals surface area contributed by atoms with Crippen molar-refractivity contribution in [3.63, 3.8) is 0 Å². The molecule has 2 aliphatic rings. The second kappa shape index (κ2) is 2.90. The van der Waals surface area contributed by atoms with Crippen LogP contribution in [-0.4, -0.2) is 23.8 Å². The van der Waals surface area contributed by atoms with Crippen molar-refractivity contribution in [1.29, 1.82) is 0 Å². The Kier molecular flexibility index (Phi) is 1.83. The Labute approximate surface area is 78.6 Å². The van der Waals surface area contributed by atoms with Crippen LogP contribution in [0, 0.1) is 11.8 Å². The third kappa shape index (κ3) is 1.28. The summed E-state index contributed by atoms with van der Waals surface area (Å²) in [6.45, 7) is 0. The van der Waals surface area contributed by atoms with E-state index in [0.717, 1.165) is 0 Å². The second-order valence-corrected chi connectivity index (χ2v) is 3.33. The molecular weight excluding hydrogens is 190 g/mol. The molecule has 2 aliphatic heterocycles. The van der Waals surface area contributed by atoms with Crippen LogP contribution in [0.4, 0.5) is 0 Å². The molecule has 0 bridgehead atoms. The lowest BCUT2D eigenvalue weighted by molar-refractivity contribution is -0.154. The topological polar surface area (TPSA) is 89.5 Å². The van der Waals surface area contributed by atoms with Gasteiger partial charge in [0.15, 0.2) is 0 Å². The fourth-order valence-electron chi connectivity index (χ4n) is 1.70. The largest absolute Gasteiger partial charge is 0.393 e. The first kappa shape index (κ1) is 8.86. The summed E-state index contributed by atoms with van der Waals surface area (Å²) in [6.07, 6.45) is -0.143. The van der Waals surface area contributed by atoms with Crippen LogP contribution in [0.1, 0.15) is 12.8 Å². The maximum absolute atomic E-state index is 11.2. The van der Waals surface area contributed by atoms with Gasteiger partial charge in [0.2, 0.25) is 11.8 Å². The molecule has 6 heteroatoms. The number of hydrogen-bond donors (Lipinski definition) is 1. The number of amides is 2. The molecule has 0 aromatic heterocycles. The van der Waals surface area contributed by atoms with Crippen LogP contribution in [0.25, 0.3) is 0 Å². The van der Waals surface area contributed by atoms with E-state index in [1.165, 1.54) is 0 Å². The van der Waals surface area contributed by atoms with E-state index in [-0.39, 0.29) is 12.8 Å². The molecule has 74 valence electrons. The molecule has 14 heavy (non-hydrogen) atoms. The summed E-state index contributed by atoms with van der Waals surface area (Å²) in [5.41, 5.74) is 0. The van der Waals surface area contributed by atoms with E-state index >= 15 is 0 Å². The van der Waals surface area contributed by atoms with Gasteiger partial charge in [-0.15, -0.1) is 0 Å². The van der Waals surface area contributed by atoms with Crippen molar-refractivity contribution in [3.05, 3.63) is 0 Å². The van der Waals surface area contributed by atoms with Gasteiger partial charge >= 0.3 is 11.9 Å². The maximum atomic E-state index is 11.2. The summed E-state index contributed by atoms with van der Waals surface area (Å²) in [5, 5.41) is 2.08. The van der Waals surface area contributed by atoms with Gasteiger partial charge in [-0.05, 0) is 0 Å². The molecule has 0 spiro atoms. The standard InChI is InChI=1S/C8H7NO5/c10-5-1-3(7(12)9-5)4-2-6(11)14-8(4)13/h3-4H,1-2H2,(H,9,10,12). The minimum Gasteiger partial charge on any atom is -0.393 e. The minimum absolute atomic E-state index is 0.0358. The Hall–Kier alpha value is -1.72. The lowest BCUT2D eigenvalue weighted by atomic mass is 9.90. The SMILES string of the molecule is O=C1CC(C2CC(=O)OC2=O)C(=O)N1. The first-order valence-corrected chi connectivity index (χ1v) is 4.16. The van der Waals surface area contributed by atoms with E-state index in [0.29, 0.717) is 0 Å². The third-order valence-corrected chi connectivity index (χ3v) is 2.39. The lowest BCUT2D eigenvalue weighted by Crippen LogP contribution is -2.28. The molecule has 1 N–H and O–H groups in total. The quantitative estimate of drug-likeness (QED) is 0.322. The van der Waals surface area contributed by atoms with Gasteiger partial charge in [-0.2, -0.15) is 0 Å². The highest BCUT2D eigenvalue weighted by atomic mass is 16.6. The van der Waals surface area contributed by atoms with Crippen molar-refractivity contribution >= 4 is 23.8 Å². The Bertz CT molecular complexity index is 314. The first-order chi connectivity index (χ1) is 6.58. The predicted octanol–water partition coefficient (Wildman–Crippen LogP) is -1.26. The molecule has 0 aliphatic carbocycles. The van der Waals surface area contributed by atoms with E-state index in [1.54, 1.807) is 0 Å². The number of imide groups is 1. The highest BCUT2D eigenvalue weighted by Crippen LogP contribution is 2.29. The van der Waals surface area contributed by atoms with Gasteiger partial charge in [0.1, 0.15) is 0 Å². The van der Waals surface area contributed by atoms with Crippen LogP contribution < -0.4 is 5.32 Å². The van der Waals surface area contributed by atoms with Gasteiger partial charge in [-0.1, -0.05) is 0 Å². The Morgan fingerprint density at radius 3 is 2.21 bits per heavy atom. The number of carbonyl (C=O) groups excluding carboxylic acids is 4. The number of nitrogens with one attached hydrogen (secondary N) is 1. The van der Waals surface area contributed by atoms with Crippen LogP contribution in [0.2, 0.25) is 0 Å². The van der Waals surface area contributed by atoms with Gasteiger partial charge in [0.05, 0.1) is 18.3 Å². The zero-order valence-corrected chi connectivity index (χ0v) is 7.11. The van der Waals surface area contributed by atoms with E-state index < -0.39 is 35.6 Å². The van der Waals surface area contributed by atoms with Gasteiger partial charge < -0.3 is 4.74 Å². The monoisotopic (exact) mass is 197 g/mol. The molecule has 0 radical (unpaired) electrons. The van der Waals surface area contributed by atoms with Gasteiger partial charge in [-0.25, -0.2) is 0 Å². The van der Waals surface area contributed by atoms with Crippen LogP contribution in [-0.2, 0) is 23.9 Å². The molecule has 0 aromatic carbocycles. The van der Waals surface area contributed by atoms with Gasteiger partial charge in [-0.3, -0.25) is 24.5 Å². The van der Waals surface area contributed by atoms with E-state index in [1.807, 2.05) is 0 Å². The molecular formula is C8H7NO5. The van der Waals surface area contributed by atoms with Crippen LogP contribution in [0.15, 0.2) is 0 Å². The van der Waals surface area contributed by atoms with Crippen molar-refractivity contribution in [2.75, 3.05) is 0 Å². The molecule has 2 saturated heterocycles. The van der Waals surface area contributed by atoms with Crippen LogP contribution in [0.3, 0.4) is 0 Å². The fourth-order valence-corrected chi connectivity index (χ4v) is 1.70. The lowest BCUT2D eigenvalue weighted by Gasteiger charge is -2.08. The normalized spacial score (nSPS) is 32.0. The van der Waals surface area contributed by atoms with Crippen molar-refractivity contribution in [3.8, 4) is 0 Å². The predicted molar refractivity (Wildman–Crippen MR) is 40.5 cm³/mol. The molecule has 2 heterocycles. The summed E-state index contributed by atoms with van der Waals surface area (Å²) in [4.78, 5) is 43.9. The van der Waals surface area contributed by atoms with Crippen LogP contribution in [0.5, 0.6) is 0 Å². The smallest absolute Gasteiger partial charge is 0.318 e. The zero-order valence-electron chi connectivity index (χ0n) is 7.11. The second-order valence-electron chi connectivity index (χ2n) is 3.33. The average Bonchev–Trinajstić information content (AvgIpc) is 2.55. The zero-order chi connectivity index (χ0) is 10.3. The summed E-state index contributed by atoms with van der Waals surface area (Å²) in [5.74, 6) is -3.76. The molecule has 2 rings (SSSR count). The highest BCUT2D eigenvalue weighted by molar-refractivity contribution is 6.07. The molecule has 0 saturated carbocycles. The van der Waals surface area contributed by atoms with Crippen molar-refractivity contribution in [2.45, 2.75) is 12.8 Å². The summed E-state index contributed by atoms with van der Waals surface area (Å²) >= 11 is 0. The summed E-state index contributed by atoms with van der Waals surface area (Å²) in [6, 6.07) is 0. The van der Waals surface area contributed by atoms with Crippen LogP contribution >= 0.6 is 0 Å². The molecule has 2 fully saturated rings. The summed E-state index contributed by atoms with van der Waals surface area (Å²) < 4.78 is 4.30. The Morgan fingerprint density at radius 2 is 1.79 bits per heavy atom. The first-order valence-electron chi connectivity index (χ1n) is 4.16. The number of cyclic esters (lactones) is 2. The maximum Gasteiger partial charge on any atom is 0.318 e. The van der Waals surface area contributed by atoms with E-state index in [4.69, 9.17) is 0 Å². The number of hydrogen-bond acceptors (Lipinski definition) is 5. The molecule has 0 aromatic rings. The fraction of sp³-hybridized carbons (Fsp3) is 0.500. The number of carbonyl (C=O) groups is 4. The van der Waals surface area contributed by atoms with E-state index in [9.17, 15) is 19.2 Å². The average molecular weight is 197 g/mol. The number of rotatable bonds is 1. The summed E-state index contributed by atoms with van der Waals surface area (Å²) in [7, 11) is 0. The van der Waals surface area contributed by atoms with Crippen molar-refractivity contribution in [1.82, 2.24) is 5.32 Å². The van der Waals surface area contributed by atoms with E-state index in [2.05, 4.69) is 10.1 Å². The minimum atomic E-state index is -0.783. The number of ether oxygens (including phenoxy) is 1. The third-order valence-electron chi connectivity index (χ3n) is 2.39. The van der Waals surface area contributed by atoms with Gasteiger partial charge in [0.25, 0.3) is 0 Å². The highest BCUT2D eigenvalue weighted by Gasteiger charge is 2.46.